The third-order valence-corrected chi connectivity index (χ3v) is 5.74. The van der Waals surface area contributed by atoms with Crippen molar-refractivity contribution in [2.45, 2.75) is 38.8 Å². The molecule has 0 N–H and O–H groups in total. The minimum absolute atomic E-state index is 0.203. The van der Waals surface area contributed by atoms with Gasteiger partial charge in [-0.25, -0.2) is 4.98 Å². The Bertz CT molecular complexity index is 898. The van der Waals surface area contributed by atoms with E-state index in [-0.39, 0.29) is 17.6 Å². The largest absolute Gasteiger partial charge is 0.468 e. The van der Waals surface area contributed by atoms with Crippen molar-refractivity contribution in [1.29, 1.82) is 0 Å². The molecule has 0 saturated carbocycles. The normalized spacial score (nSPS) is 11.7. The highest BCUT2D eigenvalue weighted by atomic mass is 32.2. The summed E-state index contributed by atoms with van der Waals surface area (Å²) in [7, 11) is 1.38. The Kier molecular flexibility index (Phi) is 4.29. The number of ether oxygens (including phenoxy) is 1. The summed E-state index contributed by atoms with van der Waals surface area (Å²) in [6.07, 6.45) is 0. The Balaban J connectivity index is 2.24. The lowest BCUT2D eigenvalue weighted by Gasteiger charge is -2.10. The van der Waals surface area contributed by atoms with Crippen LogP contribution in [0.5, 0.6) is 0 Å². The van der Waals surface area contributed by atoms with Crippen LogP contribution >= 0.6 is 23.1 Å². The molecule has 0 aromatic carbocycles. The molecule has 0 radical (unpaired) electrons. The Morgan fingerprint density at radius 1 is 1.35 bits per heavy atom. The van der Waals surface area contributed by atoms with Crippen LogP contribution in [0.3, 0.4) is 0 Å². The van der Waals surface area contributed by atoms with Crippen molar-refractivity contribution in [3.63, 3.8) is 0 Å². The first-order valence-corrected chi connectivity index (χ1v) is 9.08. The van der Waals surface area contributed by atoms with E-state index < -0.39 is 0 Å². The number of thioether (sulfide) groups is 1. The predicted octanol–water partition coefficient (Wildman–Crippen LogP) is 3.34. The van der Waals surface area contributed by atoms with Crippen molar-refractivity contribution < 1.29 is 9.53 Å². The molecule has 3 aromatic rings. The highest BCUT2D eigenvalue weighted by molar-refractivity contribution is 7.99. The third-order valence-electron chi connectivity index (χ3n) is 3.73. The van der Waals surface area contributed by atoms with Gasteiger partial charge in [0.1, 0.15) is 10.7 Å². The molecule has 8 heteroatoms. The van der Waals surface area contributed by atoms with Crippen LogP contribution in [-0.4, -0.2) is 38.4 Å². The van der Waals surface area contributed by atoms with Crippen LogP contribution < -0.4 is 0 Å². The van der Waals surface area contributed by atoms with E-state index in [9.17, 15) is 4.79 Å². The van der Waals surface area contributed by atoms with Gasteiger partial charge in [0.15, 0.2) is 10.8 Å². The third kappa shape index (κ3) is 2.70. The average Bonchev–Trinajstić information content (AvgIpc) is 3.05. The van der Waals surface area contributed by atoms with E-state index >= 15 is 0 Å². The molecule has 0 spiro atoms. The topological polar surface area (TPSA) is 69.4 Å². The summed E-state index contributed by atoms with van der Waals surface area (Å²) in [4.78, 5) is 18.5. The van der Waals surface area contributed by atoms with E-state index in [4.69, 9.17) is 9.72 Å². The van der Waals surface area contributed by atoms with Crippen molar-refractivity contribution >= 4 is 44.9 Å². The SMILES string of the molecule is COC(=O)CSc1nnc2c3c(C)c(C)sc3nc(C(C)C)n12. The van der Waals surface area contributed by atoms with Gasteiger partial charge in [0, 0.05) is 10.8 Å². The second-order valence-corrected chi connectivity index (χ2v) is 7.74. The van der Waals surface area contributed by atoms with Gasteiger partial charge >= 0.3 is 5.97 Å². The highest BCUT2D eigenvalue weighted by Crippen LogP contribution is 2.34. The molecule has 0 fully saturated rings. The number of aromatic nitrogens is 4. The Morgan fingerprint density at radius 2 is 2.09 bits per heavy atom. The number of aryl methyl sites for hydroxylation is 2. The molecular weight excluding hydrogens is 332 g/mol. The molecule has 3 aromatic heterocycles. The zero-order valence-electron chi connectivity index (χ0n) is 13.7. The number of nitrogens with zero attached hydrogens (tertiary/aromatic N) is 4. The molecule has 0 unspecified atom stereocenters. The molecule has 0 aliphatic rings. The second-order valence-electron chi connectivity index (χ2n) is 5.59. The van der Waals surface area contributed by atoms with Crippen LogP contribution in [-0.2, 0) is 9.53 Å². The van der Waals surface area contributed by atoms with Crippen LogP contribution in [0.25, 0.3) is 15.9 Å². The van der Waals surface area contributed by atoms with Crippen LogP contribution in [0.1, 0.15) is 36.0 Å². The van der Waals surface area contributed by atoms with E-state index in [0.717, 1.165) is 21.7 Å². The summed E-state index contributed by atoms with van der Waals surface area (Å²) in [5.74, 6) is 1.05. The number of hydrogen-bond acceptors (Lipinski definition) is 7. The van der Waals surface area contributed by atoms with Gasteiger partial charge in [0.2, 0.25) is 0 Å². The maximum atomic E-state index is 11.4. The first-order chi connectivity index (χ1) is 10.9. The lowest BCUT2D eigenvalue weighted by Crippen LogP contribution is -2.07. The summed E-state index contributed by atoms with van der Waals surface area (Å²) < 4.78 is 6.67. The first-order valence-electron chi connectivity index (χ1n) is 7.28. The van der Waals surface area contributed by atoms with Crippen LogP contribution in [0, 0.1) is 13.8 Å². The Hall–Kier alpha value is -1.67. The van der Waals surface area contributed by atoms with Crippen LogP contribution in [0.4, 0.5) is 0 Å². The van der Waals surface area contributed by atoms with Crippen molar-refractivity contribution in [2.75, 3.05) is 12.9 Å². The Labute approximate surface area is 142 Å². The zero-order valence-corrected chi connectivity index (χ0v) is 15.3. The lowest BCUT2D eigenvalue weighted by atomic mass is 10.2. The molecule has 122 valence electrons. The zero-order chi connectivity index (χ0) is 16.7. The molecule has 23 heavy (non-hydrogen) atoms. The lowest BCUT2D eigenvalue weighted by molar-refractivity contribution is -0.137. The molecular formula is C15H18N4O2S2. The molecule has 0 aliphatic carbocycles. The molecule has 3 rings (SSSR count). The predicted molar refractivity (Wildman–Crippen MR) is 92.5 cm³/mol. The number of hydrogen-bond donors (Lipinski definition) is 0. The van der Waals surface area contributed by atoms with Gasteiger partial charge in [-0.15, -0.1) is 21.5 Å². The fraction of sp³-hybridized carbons (Fsp3) is 0.467. The summed E-state index contributed by atoms with van der Waals surface area (Å²) in [5.41, 5.74) is 2.00. The maximum absolute atomic E-state index is 11.4. The number of fused-ring (bicyclic) bond motifs is 3. The van der Waals surface area contributed by atoms with E-state index in [1.807, 2.05) is 4.40 Å². The average molecular weight is 350 g/mol. The molecule has 0 atom stereocenters. The molecule has 0 aliphatic heterocycles. The van der Waals surface area contributed by atoms with Crippen molar-refractivity contribution in [1.82, 2.24) is 19.6 Å². The van der Waals surface area contributed by atoms with Crippen molar-refractivity contribution in [3.05, 3.63) is 16.3 Å². The summed E-state index contributed by atoms with van der Waals surface area (Å²) in [5, 5.41) is 10.4. The summed E-state index contributed by atoms with van der Waals surface area (Å²) >= 11 is 3.00. The van der Waals surface area contributed by atoms with Gasteiger partial charge in [0.25, 0.3) is 0 Å². The number of carbonyl (C=O) groups is 1. The summed E-state index contributed by atoms with van der Waals surface area (Å²) in [6.45, 7) is 8.36. The quantitative estimate of drug-likeness (QED) is 0.531. The fourth-order valence-corrected chi connectivity index (χ4v) is 4.21. The maximum Gasteiger partial charge on any atom is 0.316 e. The van der Waals surface area contributed by atoms with Gasteiger partial charge < -0.3 is 4.74 Å². The van der Waals surface area contributed by atoms with Gasteiger partial charge in [0.05, 0.1) is 18.2 Å². The highest BCUT2D eigenvalue weighted by Gasteiger charge is 2.21. The number of methoxy groups -OCH3 is 1. The second kappa shape index (κ2) is 6.09. The fourth-order valence-electron chi connectivity index (χ4n) is 2.41. The minimum atomic E-state index is -0.283. The van der Waals surface area contributed by atoms with E-state index in [2.05, 4.69) is 37.9 Å². The number of rotatable bonds is 4. The van der Waals surface area contributed by atoms with Gasteiger partial charge in [-0.2, -0.15) is 0 Å². The standard InChI is InChI=1S/C15H18N4O2S2/c1-7(2)12-16-14-11(8(3)9(4)23-14)13-17-18-15(19(12)13)22-6-10(20)21-5/h7H,6H2,1-5H3. The van der Waals surface area contributed by atoms with Crippen LogP contribution in [0.2, 0.25) is 0 Å². The molecule has 0 amide bonds. The summed E-state index contributed by atoms with van der Waals surface area (Å²) in [6, 6.07) is 0. The van der Waals surface area contributed by atoms with E-state index in [1.54, 1.807) is 11.3 Å². The molecule has 6 nitrogen and oxygen atoms in total. The molecule has 0 saturated heterocycles. The first kappa shape index (κ1) is 16.2. The number of carbonyl (C=O) groups excluding carboxylic acids is 1. The van der Waals surface area contributed by atoms with Gasteiger partial charge in [-0.1, -0.05) is 25.6 Å². The number of thiophene rings is 1. The van der Waals surface area contributed by atoms with Crippen LogP contribution in [0.15, 0.2) is 5.16 Å². The number of esters is 1. The molecule has 3 heterocycles. The van der Waals surface area contributed by atoms with Crippen molar-refractivity contribution in [3.8, 4) is 0 Å². The Morgan fingerprint density at radius 3 is 2.74 bits per heavy atom. The van der Waals surface area contributed by atoms with Gasteiger partial charge in [-0.3, -0.25) is 9.20 Å². The minimum Gasteiger partial charge on any atom is -0.468 e. The molecule has 0 bridgehead atoms. The van der Waals surface area contributed by atoms with E-state index in [0.29, 0.717) is 5.16 Å². The van der Waals surface area contributed by atoms with Gasteiger partial charge in [-0.05, 0) is 19.4 Å². The monoisotopic (exact) mass is 350 g/mol. The smallest absolute Gasteiger partial charge is 0.316 e. The van der Waals surface area contributed by atoms with Crippen molar-refractivity contribution in [2.24, 2.45) is 0 Å². The van der Waals surface area contributed by atoms with E-state index in [1.165, 1.54) is 29.3 Å².